The molecule has 4 nitrogen and oxygen atoms in total. The number of hydrogen-bond donors (Lipinski definition) is 0. The van der Waals surface area contributed by atoms with E-state index in [1.165, 1.54) is 0 Å². The summed E-state index contributed by atoms with van der Waals surface area (Å²) in [6.07, 6.45) is 1.70. The Labute approximate surface area is 110 Å². The number of nitrogens with zero attached hydrogens (tertiary/aromatic N) is 3. The van der Waals surface area contributed by atoms with Crippen molar-refractivity contribution in [2.45, 2.75) is 6.54 Å². The van der Waals surface area contributed by atoms with Crippen LogP contribution in [0.2, 0.25) is 0 Å². The molecule has 0 radical (unpaired) electrons. The summed E-state index contributed by atoms with van der Waals surface area (Å²) in [5, 5.41) is 4.28. The van der Waals surface area contributed by atoms with Gasteiger partial charge < -0.3 is 4.74 Å². The van der Waals surface area contributed by atoms with Crippen LogP contribution in [0.5, 0.6) is 5.88 Å². The highest BCUT2D eigenvalue weighted by molar-refractivity contribution is 9.11. The lowest BCUT2D eigenvalue weighted by Gasteiger charge is -2.07. The predicted molar refractivity (Wildman–Crippen MR) is 67.5 cm³/mol. The van der Waals surface area contributed by atoms with E-state index in [2.05, 4.69) is 41.9 Å². The van der Waals surface area contributed by atoms with Gasteiger partial charge in [-0.3, -0.25) is 4.68 Å². The molecule has 0 amide bonds. The second-order valence-electron chi connectivity index (χ2n) is 3.12. The first kappa shape index (κ1) is 11.6. The molecule has 2 aromatic heterocycles. The Morgan fingerprint density at radius 1 is 1.44 bits per heavy atom. The largest absolute Gasteiger partial charge is 0.481 e. The Balaban J connectivity index is 2.30. The Kier molecular flexibility index (Phi) is 3.60. The van der Waals surface area contributed by atoms with Crippen molar-refractivity contribution in [3.8, 4) is 5.88 Å². The number of pyridine rings is 1. The monoisotopic (exact) mass is 345 g/mol. The summed E-state index contributed by atoms with van der Waals surface area (Å²) in [7, 11) is 1.61. The fraction of sp³-hybridized carbons (Fsp3) is 0.200. The molecule has 2 rings (SSSR count). The third-order valence-corrected chi connectivity index (χ3v) is 3.09. The van der Waals surface area contributed by atoms with Crippen molar-refractivity contribution in [2.24, 2.45) is 0 Å². The second kappa shape index (κ2) is 4.97. The van der Waals surface area contributed by atoms with E-state index in [0.717, 1.165) is 14.8 Å². The smallest absolute Gasteiger partial charge is 0.218 e. The first-order chi connectivity index (χ1) is 7.70. The maximum atomic E-state index is 5.18. The van der Waals surface area contributed by atoms with Crippen molar-refractivity contribution >= 4 is 31.9 Å². The molecule has 0 unspecified atom stereocenters. The summed E-state index contributed by atoms with van der Waals surface area (Å²) in [5.74, 6) is 0.626. The number of hydrogen-bond acceptors (Lipinski definition) is 3. The van der Waals surface area contributed by atoms with Crippen LogP contribution in [0.3, 0.4) is 0 Å². The lowest BCUT2D eigenvalue weighted by atomic mass is 10.3. The maximum absolute atomic E-state index is 5.18. The SMILES string of the molecule is COc1ncccc1Cn1nc(Br)cc1Br. The molecule has 0 N–H and O–H groups in total. The topological polar surface area (TPSA) is 39.9 Å². The van der Waals surface area contributed by atoms with Gasteiger partial charge in [-0.05, 0) is 37.9 Å². The van der Waals surface area contributed by atoms with Gasteiger partial charge in [0.05, 0.1) is 13.7 Å². The molecule has 0 saturated carbocycles. The molecule has 0 bridgehead atoms. The van der Waals surface area contributed by atoms with Crippen LogP contribution in [-0.4, -0.2) is 21.9 Å². The number of methoxy groups -OCH3 is 1. The average Bonchev–Trinajstić information content (AvgIpc) is 2.58. The fourth-order valence-electron chi connectivity index (χ4n) is 1.37. The van der Waals surface area contributed by atoms with Crippen LogP contribution >= 0.6 is 31.9 Å². The van der Waals surface area contributed by atoms with Crippen molar-refractivity contribution < 1.29 is 4.74 Å². The van der Waals surface area contributed by atoms with Gasteiger partial charge in [-0.15, -0.1) is 0 Å². The molecule has 0 aromatic carbocycles. The Hall–Kier alpha value is -0.880. The van der Waals surface area contributed by atoms with Gasteiger partial charge in [0.25, 0.3) is 0 Å². The quantitative estimate of drug-likeness (QED) is 0.857. The van der Waals surface area contributed by atoms with Crippen LogP contribution in [0.1, 0.15) is 5.56 Å². The lowest BCUT2D eigenvalue weighted by molar-refractivity contribution is 0.390. The van der Waals surface area contributed by atoms with Crippen LogP contribution in [0.4, 0.5) is 0 Å². The van der Waals surface area contributed by atoms with Crippen LogP contribution in [-0.2, 0) is 6.54 Å². The van der Waals surface area contributed by atoms with Gasteiger partial charge in [0, 0.05) is 17.8 Å². The van der Waals surface area contributed by atoms with Crippen LogP contribution in [0.25, 0.3) is 0 Å². The van der Waals surface area contributed by atoms with E-state index >= 15 is 0 Å². The molecular weight excluding hydrogens is 338 g/mol. The molecule has 0 spiro atoms. The summed E-state index contributed by atoms with van der Waals surface area (Å²) < 4.78 is 8.71. The molecule has 6 heteroatoms. The highest BCUT2D eigenvalue weighted by atomic mass is 79.9. The van der Waals surface area contributed by atoms with Gasteiger partial charge in [0.15, 0.2) is 0 Å². The summed E-state index contributed by atoms with van der Waals surface area (Å²) in [4.78, 5) is 4.14. The normalized spacial score (nSPS) is 10.4. The van der Waals surface area contributed by atoms with Crippen LogP contribution < -0.4 is 4.74 Å². The molecule has 0 atom stereocenters. The molecule has 0 aliphatic rings. The summed E-state index contributed by atoms with van der Waals surface area (Å²) in [5.41, 5.74) is 0.987. The molecular formula is C10H9Br2N3O. The second-order valence-corrected chi connectivity index (χ2v) is 4.74. The average molecular weight is 347 g/mol. The first-order valence-electron chi connectivity index (χ1n) is 4.57. The molecule has 0 aliphatic carbocycles. The van der Waals surface area contributed by atoms with E-state index in [0.29, 0.717) is 12.4 Å². The minimum absolute atomic E-state index is 0.614. The molecule has 0 saturated heterocycles. The number of rotatable bonds is 3. The van der Waals surface area contributed by atoms with E-state index in [9.17, 15) is 0 Å². The number of halogens is 2. The Morgan fingerprint density at radius 2 is 2.25 bits per heavy atom. The van der Waals surface area contributed by atoms with Gasteiger partial charge in [-0.2, -0.15) is 5.10 Å². The Morgan fingerprint density at radius 3 is 2.88 bits per heavy atom. The lowest BCUT2D eigenvalue weighted by Crippen LogP contribution is -2.04. The highest BCUT2D eigenvalue weighted by Gasteiger charge is 2.08. The number of aromatic nitrogens is 3. The standard InChI is InChI=1S/C10H9Br2N3O/c1-16-10-7(3-2-4-13-10)6-15-9(12)5-8(11)14-15/h2-5H,6H2,1H3. The zero-order chi connectivity index (χ0) is 11.5. The summed E-state index contributed by atoms with van der Waals surface area (Å²) in [6, 6.07) is 5.74. The van der Waals surface area contributed by atoms with E-state index in [1.54, 1.807) is 13.3 Å². The van der Waals surface area contributed by atoms with E-state index < -0.39 is 0 Å². The molecule has 2 heterocycles. The van der Waals surface area contributed by atoms with Gasteiger partial charge in [-0.1, -0.05) is 6.07 Å². The summed E-state index contributed by atoms with van der Waals surface area (Å²) in [6.45, 7) is 0.614. The molecule has 0 fully saturated rings. The third kappa shape index (κ3) is 2.44. The van der Waals surface area contributed by atoms with Crippen molar-refractivity contribution in [3.05, 3.63) is 39.2 Å². The van der Waals surface area contributed by atoms with E-state index in [4.69, 9.17) is 4.74 Å². The van der Waals surface area contributed by atoms with Gasteiger partial charge in [0.2, 0.25) is 5.88 Å². The highest BCUT2D eigenvalue weighted by Crippen LogP contribution is 2.20. The van der Waals surface area contributed by atoms with Crippen molar-refractivity contribution in [2.75, 3.05) is 7.11 Å². The van der Waals surface area contributed by atoms with Crippen molar-refractivity contribution in [1.82, 2.24) is 14.8 Å². The first-order valence-corrected chi connectivity index (χ1v) is 6.16. The van der Waals surface area contributed by atoms with Gasteiger partial charge in [-0.25, -0.2) is 4.98 Å². The molecule has 16 heavy (non-hydrogen) atoms. The zero-order valence-electron chi connectivity index (χ0n) is 8.52. The molecule has 84 valence electrons. The van der Waals surface area contributed by atoms with Crippen LogP contribution in [0.15, 0.2) is 33.6 Å². The van der Waals surface area contributed by atoms with Gasteiger partial charge >= 0.3 is 0 Å². The van der Waals surface area contributed by atoms with Crippen molar-refractivity contribution in [3.63, 3.8) is 0 Å². The van der Waals surface area contributed by atoms with E-state index in [-0.39, 0.29) is 0 Å². The third-order valence-electron chi connectivity index (χ3n) is 2.06. The minimum atomic E-state index is 0.614. The zero-order valence-corrected chi connectivity index (χ0v) is 11.7. The van der Waals surface area contributed by atoms with E-state index in [1.807, 2.05) is 22.9 Å². The number of ether oxygens (including phenoxy) is 1. The van der Waals surface area contributed by atoms with Crippen molar-refractivity contribution in [1.29, 1.82) is 0 Å². The molecule has 0 aliphatic heterocycles. The summed E-state index contributed by atoms with van der Waals surface area (Å²) >= 11 is 6.75. The maximum Gasteiger partial charge on any atom is 0.218 e. The fourth-order valence-corrected chi connectivity index (χ4v) is 2.50. The minimum Gasteiger partial charge on any atom is -0.481 e. The Bertz CT molecular complexity index is 499. The molecule has 2 aromatic rings. The van der Waals surface area contributed by atoms with Crippen LogP contribution in [0, 0.1) is 0 Å². The van der Waals surface area contributed by atoms with Gasteiger partial charge in [0.1, 0.15) is 9.21 Å². The predicted octanol–water partition coefficient (Wildman–Crippen LogP) is 2.86.